The summed E-state index contributed by atoms with van der Waals surface area (Å²) in [6, 6.07) is 3.93. The quantitative estimate of drug-likeness (QED) is 0.853. The minimum atomic E-state index is -2.76. The van der Waals surface area contributed by atoms with Crippen molar-refractivity contribution in [1.82, 2.24) is 15.1 Å². The fraction of sp³-hybridized carbons (Fsp3) is 0.375. The van der Waals surface area contributed by atoms with E-state index in [0.717, 1.165) is 6.07 Å². The third-order valence-corrected chi connectivity index (χ3v) is 5.08. The fourth-order valence-corrected chi connectivity index (χ4v) is 3.97. The van der Waals surface area contributed by atoms with Gasteiger partial charge in [0.15, 0.2) is 0 Å². The van der Waals surface area contributed by atoms with E-state index in [4.69, 9.17) is 17.3 Å². The van der Waals surface area contributed by atoms with E-state index in [0.29, 0.717) is 17.8 Å². The Morgan fingerprint density at radius 3 is 2.68 bits per heavy atom. The summed E-state index contributed by atoms with van der Waals surface area (Å²) in [5, 5.41) is 7.36. The van der Waals surface area contributed by atoms with Crippen molar-refractivity contribution < 1.29 is 18.0 Å². The van der Waals surface area contributed by atoms with Gasteiger partial charge in [-0.05, 0) is 18.2 Å². The summed E-state index contributed by atoms with van der Waals surface area (Å²) in [7, 11) is 0. The SMILES string of the molecule is NC(=O)c1c(-c2ccc(F)c(Cl)c2)nn2c1CNCC21CC(F)(F)C1. The molecule has 0 radical (unpaired) electrons. The summed E-state index contributed by atoms with van der Waals surface area (Å²) >= 11 is 5.82. The number of nitrogens with one attached hydrogen (secondary N) is 1. The smallest absolute Gasteiger partial charge is 0.252 e. The highest BCUT2D eigenvalue weighted by atomic mass is 35.5. The molecule has 0 atom stereocenters. The first-order valence-electron chi connectivity index (χ1n) is 7.69. The first-order valence-corrected chi connectivity index (χ1v) is 8.06. The number of hydrogen-bond acceptors (Lipinski definition) is 3. The number of aromatic nitrogens is 2. The monoisotopic (exact) mass is 370 g/mol. The first-order chi connectivity index (χ1) is 11.7. The predicted octanol–water partition coefficient (Wildman–Crippen LogP) is 2.67. The Morgan fingerprint density at radius 2 is 2.08 bits per heavy atom. The van der Waals surface area contributed by atoms with Crippen LogP contribution in [-0.4, -0.2) is 28.2 Å². The number of primary amides is 1. The van der Waals surface area contributed by atoms with Crippen LogP contribution in [0.5, 0.6) is 0 Å². The Bertz CT molecular complexity index is 888. The normalized spacial score (nSPS) is 20.2. The molecular weight excluding hydrogens is 357 g/mol. The van der Waals surface area contributed by atoms with Crippen molar-refractivity contribution in [2.24, 2.45) is 5.73 Å². The molecule has 4 rings (SSSR count). The Hall–Kier alpha value is -2.06. The lowest BCUT2D eigenvalue weighted by molar-refractivity contribution is -0.158. The van der Waals surface area contributed by atoms with Crippen LogP contribution >= 0.6 is 11.6 Å². The van der Waals surface area contributed by atoms with Gasteiger partial charge in [0.2, 0.25) is 0 Å². The number of benzene rings is 1. The van der Waals surface area contributed by atoms with Crippen molar-refractivity contribution >= 4 is 17.5 Å². The molecule has 0 unspecified atom stereocenters. The van der Waals surface area contributed by atoms with Crippen LogP contribution in [0.15, 0.2) is 18.2 Å². The van der Waals surface area contributed by atoms with Gasteiger partial charge in [0.1, 0.15) is 11.5 Å². The van der Waals surface area contributed by atoms with Gasteiger partial charge < -0.3 is 11.1 Å². The highest BCUT2D eigenvalue weighted by Crippen LogP contribution is 2.52. The van der Waals surface area contributed by atoms with Crippen molar-refractivity contribution in [2.75, 3.05) is 6.54 Å². The van der Waals surface area contributed by atoms with E-state index >= 15 is 0 Å². The number of amides is 1. The molecule has 2 heterocycles. The molecular formula is C16H14ClF3N4O. The van der Waals surface area contributed by atoms with Gasteiger partial charge in [0.25, 0.3) is 11.8 Å². The van der Waals surface area contributed by atoms with Crippen LogP contribution in [0.4, 0.5) is 13.2 Å². The second-order valence-electron chi connectivity index (χ2n) is 6.61. The molecule has 2 aromatic rings. The van der Waals surface area contributed by atoms with Gasteiger partial charge in [-0.2, -0.15) is 5.10 Å². The molecule has 25 heavy (non-hydrogen) atoms. The number of carbonyl (C=O) groups excluding carboxylic acids is 1. The summed E-state index contributed by atoms with van der Waals surface area (Å²) in [5.74, 6) is -4.08. The lowest BCUT2D eigenvalue weighted by atomic mass is 9.72. The largest absolute Gasteiger partial charge is 0.365 e. The average Bonchev–Trinajstić information content (AvgIpc) is 2.89. The molecule has 1 saturated carbocycles. The van der Waals surface area contributed by atoms with Gasteiger partial charge in [-0.25, -0.2) is 13.2 Å². The summed E-state index contributed by atoms with van der Waals surface area (Å²) in [6.45, 7) is 0.618. The second kappa shape index (κ2) is 5.22. The number of nitrogens with zero attached hydrogens (tertiary/aromatic N) is 2. The highest BCUT2D eigenvalue weighted by molar-refractivity contribution is 6.31. The van der Waals surface area contributed by atoms with E-state index in [2.05, 4.69) is 10.4 Å². The topological polar surface area (TPSA) is 72.9 Å². The van der Waals surface area contributed by atoms with E-state index in [9.17, 15) is 18.0 Å². The zero-order valence-electron chi connectivity index (χ0n) is 13.0. The fourth-order valence-electron chi connectivity index (χ4n) is 3.79. The van der Waals surface area contributed by atoms with E-state index in [-0.39, 0.29) is 35.7 Å². The van der Waals surface area contributed by atoms with Crippen LogP contribution in [0.25, 0.3) is 11.3 Å². The zero-order valence-corrected chi connectivity index (χ0v) is 13.7. The van der Waals surface area contributed by atoms with Crippen LogP contribution in [0.2, 0.25) is 5.02 Å². The van der Waals surface area contributed by atoms with Gasteiger partial charge in [-0.15, -0.1) is 0 Å². The van der Waals surface area contributed by atoms with Crippen LogP contribution in [0, 0.1) is 5.82 Å². The zero-order chi connectivity index (χ0) is 18.0. The van der Waals surface area contributed by atoms with Crippen LogP contribution in [-0.2, 0) is 12.1 Å². The Morgan fingerprint density at radius 1 is 1.36 bits per heavy atom. The molecule has 2 aliphatic rings. The maximum Gasteiger partial charge on any atom is 0.252 e. The molecule has 0 bridgehead atoms. The minimum Gasteiger partial charge on any atom is -0.365 e. The molecule has 1 aliphatic carbocycles. The van der Waals surface area contributed by atoms with E-state index in [1.54, 1.807) is 0 Å². The lowest BCUT2D eigenvalue weighted by Gasteiger charge is -2.50. The van der Waals surface area contributed by atoms with Crippen LogP contribution in [0.1, 0.15) is 28.9 Å². The number of rotatable bonds is 2. The van der Waals surface area contributed by atoms with E-state index in [1.165, 1.54) is 16.8 Å². The summed E-state index contributed by atoms with van der Waals surface area (Å²) in [5.41, 5.74) is 5.87. The molecule has 1 aromatic heterocycles. The van der Waals surface area contributed by atoms with Crippen LogP contribution < -0.4 is 11.1 Å². The summed E-state index contributed by atoms with van der Waals surface area (Å²) in [6.07, 6.45) is -0.715. The van der Waals surface area contributed by atoms with Crippen molar-refractivity contribution in [3.8, 4) is 11.3 Å². The van der Waals surface area contributed by atoms with E-state index in [1.807, 2.05) is 0 Å². The number of nitrogens with two attached hydrogens (primary N) is 1. The van der Waals surface area contributed by atoms with Crippen LogP contribution in [0.3, 0.4) is 0 Å². The number of carbonyl (C=O) groups is 1. The third-order valence-electron chi connectivity index (χ3n) is 4.79. The lowest BCUT2D eigenvalue weighted by Crippen LogP contribution is -2.61. The first kappa shape index (κ1) is 16.4. The molecule has 9 heteroatoms. The average molecular weight is 371 g/mol. The highest BCUT2D eigenvalue weighted by Gasteiger charge is 2.60. The molecule has 1 amide bonds. The standard InChI is InChI=1S/C16H14ClF3N4O/c17-9-3-8(1-2-10(9)18)13-12(14(21)25)11-4-22-7-15(24(11)23-13)5-16(19,20)6-15/h1-3,22H,4-7H2,(H2,21,25). The minimum absolute atomic E-state index is 0.123. The molecule has 0 saturated heterocycles. The van der Waals surface area contributed by atoms with E-state index < -0.39 is 23.2 Å². The van der Waals surface area contributed by atoms with Gasteiger partial charge in [0.05, 0.1) is 21.8 Å². The maximum atomic E-state index is 13.5. The Labute approximate surface area is 145 Å². The van der Waals surface area contributed by atoms with Crippen molar-refractivity contribution in [3.63, 3.8) is 0 Å². The van der Waals surface area contributed by atoms with Crippen molar-refractivity contribution in [3.05, 3.63) is 40.3 Å². The van der Waals surface area contributed by atoms with Gasteiger partial charge >= 0.3 is 0 Å². The summed E-state index contributed by atoms with van der Waals surface area (Å²) in [4.78, 5) is 12.0. The summed E-state index contributed by atoms with van der Waals surface area (Å²) < 4.78 is 42.0. The Balaban J connectivity index is 1.89. The van der Waals surface area contributed by atoms with Gasteiger partial charge in [-0.1, -0.05) is 11.6 Å². The number of hydrogen-bond donors (Lipinski definition) is 2. The number of halogens is 4. The van der Waals surface area contributed by atoms with Gasteiger partial charge in [-0.3, -0.25) is 9.48 Å². The second-order valence-corrected chi connectivity index (χ2v) is 7.02. The molecule has 5 nitrogen and oxygen atoms in total. The maximum absolute atomic E-state index is 13.5. The molecule has 1 spiro atoms. The molecule has 132 valence electrons. The molecule has 1 fully saturated rings. The molecule has 3 N–H and O–H groups in total. The molecule has 1 aromatic carbocycles. The third kappa shape index (κ3) is 2.43. The number of alkyl halides is 2. The predicted molar refractivity (Wildman–Crippen MR) is 85.0 cm³/mol. The van der Waals surface area contributed by atoms with Gasteiger partial charge in [0, 0.05) is 31.5 Å². The molecule has 1 aliphatic heterocycles. The Kier molecular flexibility index (Phi) is 3.42. The van der Waals surface area contributed by atoms with Crippen molar-refractivity contribution in [2.45, 2.75) is 30.8 Å². The van der Waals surface area contributed by atoms with Crippen molar-refractivity contribution in [1.29, 1.82) is 0 Å². The number of fused-ring (bicyclic) bond motifs is 2.